The van der Waals surface area contributed by atoms with Gasteiger partial charge >= 0.3 is 0 Å². The standard InChI is InChI=1S/C15H11BrN2O2/c16-12-3-1-2-4-13(12)18-14(19)7-9-5-6-10(17)8-11(9)15(18)20/h1-6,8H,7,17H2. The van der Waals surface area contributed by atoms with Crippen molar-refractivity contribution in [2.24, 2.45) is 0 Å². The highest BCUT2D eigenvalue weighted by Gasteiger charge is 2.33. The van der Waals surface area contributed by atoms with Crippen LogP contribution in [0.25, 0.3) is 0 Å². The maximum Gasteiger partial charge on any atom is 0.265 e. The van der Waals surface area contributed by atoms with Crippen molar-refractivity contribution in [3.8, 4) is 0 Å². The number of carbonyl (C=O) groups is 2. The van der Waals surface area contributed by atoms with E-state index in [1.165, 1.54) is 4.90 Å². The van der Waals surface area contributed by atoms with E-state index in [0.717, 1.165) is 5.56 Å². The van der Waals surface area contributed by atoms with Crippen LogP contribution in [0, 0.1) is 0 Å². The molecule has 5 heteroatoms. The van der Waals surface area contributed by atoms with Crippen molar-refractivity contribution in [1.29, 1.82) is 0 Å². The van der Waals surface area contributed by atoms with Crippen molar-refractivity contribution >= 4 is 39.1 Å². The van der Waals surface area contributed by atoms with Gasteiger partial charge in [-0.25, -0.2) is 4.90 Å². The molecule has 4 nitrogen and oxygen atoms in total. The van der Waals surface area contributed by atoms with Gasteiger partial charge in [0.1, 0.15) is 0 Å². The predicted molar refractivity (Wildman–Crippen MR) is 80.5 cm³/mol. The Morgan fingerprint density at radius 2 is 1.85 bits per heavy atom. The number of anilines is 2. The van der Waals surface area contributed by atoms with Crippen molar-refractivity contribution in [3.05, 3.63) is 58.1 Å². The van der Waals surface area contributed by atoms with Gasteiger partial charge in [0.2, 0.25) is 5.91 Å². The summed E-state index contributed by atoms with van der Waals surface area (Å²) < 4.78 is 0.703. The predicted octanol–water partition coefficient (Wildman–Crippen LogP) is 2.76. The highest BCUT2D eigenvalue weighted by Crippen LogP contribution is 2.31. The van der Waals surface area contributed by atoms with E-state index in [9.17, 15) is 9.59 Å². The number of halogens is 1. The van der Waals surface area contributed by atoms with Gasteiger partial charge in [-0.05, 0) is 45.8 Å². The van der Waals surface area contributed by atoms with Crippen molar-refractivity contribution in [1.82, 2.24) is 0 Å². The summed E-state index contributed by atoms with van der Waals surface area (Å²) >= 11 is 3.37. The van der Waals surface area contributed by atoms with Crippen LogP contribution in [0.2, 0.25) is 0 Å². The number of nitrogen functional groups attached to an aromatic ring is 1. The largest absolute Gasteiger partial charge is 0.399 e. The summed E-state index contributed by atoms with van der Waals surface area (Å²) in [4.78, 5) is 26.0. The summed E-state index contributed by atoms with van der Waals surface area (Å²) in [6.07, 6.45) is 0.197. The summed E-state index contributed by atoms with van der Waals surface area (Å²) in [6.45, 7) is 0. The van der Waals surface area contributed by atoms with E-state index >= 15 is 0 Å². The Bertz CT molecular complexity index is 728. The average Bonchev–Trinajstić information content (AvgIpc) is 2.42. The van der Waals surface area contributed by atoms with Gasteiger partial charge in [0.15, 0.2) is 0 Å². The monoisotopic (exact) mass is 330 g/mol. The second-order valence-electron chi connectivity index (χ2n) is 4.58. The van der Waals surface area contributed by atoms with Gasteiger partial charge in [0.25, 0.3) is 5.91 Å². The van der Waals surface area contributed by atoms with E-state index in [4.69, 9.17) is 5.73 Å². The van der Waals surface area contributed by atoms with Gasteiger partial charge < -0.3 is 5.73 Å². The van der Waals surface area contributed by atoms with Crippen LogP contribution in [0.5, 0.6) is 0 Å². The minimum atomic E-state index is -0.338. The molecule has 2 aromatic carbocycles. The third kappa shape index (κ3) is 2.00. The van der Waals surface area contributed by atoms with Crippen molar-refractivity contribution in [2.45, 2.75) is 6.42 Å². The van der Waals surface area contributed by atoms with Crippen molar-refractivity contribution < 1.29 is 9.59 Å². The number of carbonyl (C=O) groups excluding carboxylic acids is 2. The van der Waals surface area contributed by atoms with Crippen molar-refractivity contribution in [3.63, 3.8) is 0 Å². The number of para-hydroxylation sites is 1. The third-order valence-electron chi connectivity index (χ3n) is 3.25. The topological polar surface area (TPSA) is 63.4 Å². The molecule has 100 valence electrons. The maximum absolute atomic E-state index is 12.6. The molecule has 0 aromatic heterocycles. The highest BCUT2D eigenvalue weighted by molar-refractivity contribution is 9.10. The Hall–Kier alpha value is -2.14. The number of amides is 2. The smallest absolute Gasteiger partial charge is 0.265 e. The molecule has 0 spiro atoms. The normalized spacial score (nSPS) is 14.3. The first-order valence-electron chi connectivity index (χ1n) is 6.08. The molecule has 0 bridgehead atoms. The molecule has 1 aliphatic heterocycles. The fourth-order valence-corrected chi connectivity index (χ4v) is 2.76. The van der Waals surface area contributed by atoms with Crippen molar-refractivity contribution in [2.75, 3.05) is 10.6 Å². The Balaban J connectivity index is 2.13. The molecular weight excluding hydrogens is 320 g/mol. The van der Waals surface area contributed by atoms with E-state index in [0.29, 0.717) is 21.4 Å². The van der Waals surface area contributed by atoms with E-state index in [-0.39, 0.29) is 18.2 Å². The van der Waals surface area contributed by atoms with Gasteiger partial charge in [-0.3, -0.25) is 9.59 Å². The number of hydrogen-bond acceptors (Lipinski definition) is 3. The molecule has 0 saturated heterocycles. The molecule has 0 fully saturated rings. The molecule has 2 amide bonds. The Labute approximate surface area is 124 Å². The van der Waals surface area contributed by atoms with Crippen LogP contribution < -0.4 is 10.6 Å². The molecule has 2 aromatic rings. The minimum Gasteiger partial charge on any atom is -0.399 e. The van der Waals surface area contributed by atoms with Crippen LogP contribution in [-0.2, 0) is 11.2 Å². The Morgan fingerprint density at radius 1 is 1.10 bits per heavy atom. The molecule has 3 rings (SSSR count). The first-order chi connectivity index (χ1) is 9.58. The zero-order chi connectivity index (χ0) is 14.3. The second-order valence-corrected chi connectivity index (χ2v) is 5.43. The van der Waals surface area contributed by atoms with E-state index in [1.54, 1.807) is 36.4 Å². The van der Waals surface area contributed by atoms with Gasteiger partial charge in [0, 0.05) is 15.7 Å². The van der Waals surface area contributed by atoms with Crippen LogP contribution >= 0.6 is 15.9 Å². The molecule has 2 N–H and O–H groups in total. The maximum atomic E-state index is 12.6. The number of fused-ring (bicyclic) bond motifs is 1. The lowest BCUT2D eigenvalue weighted by molar-refractivity contribution is -0.117. The molecule has 0 atom stereocenters. The lowest BCUT2D eigenvalue weighted by atomic mass is 9.97. The summed E-state index contributed by atoms with van der Waals surface area (Å²) in [5, 5.41) is 0. The SMILES string of the molecule is Nc1ccc2c(c1)C(=O)N(c1ccccc1Br)C(=O)C2. The van der Waals surface area contributed by atoms with E-state index in [2.05, 4.69) is 15.9 Å². The fourth-order valence-electron chi connectivity index (χ4n) is 2.30. The highest BCUT2D eigenvalue weighted by atomic mass is 79.9. The first-order valence-corrected chi connectivity index (χ1v) is 6.87. The quantitative estimate of drug-likeness (QED) is 0.646. The number of imide groups is 1. The van der Waals surface area contributed by atoms with Gasteiger partial charge in [-0.2, -0.15) is 0 Å². The number of nitrogens with two attached hydrogens (primary N) is 1. The van der Waals surface area contributed by atoms with Gasteiger partial charge in [0.05, 0.1) is 12.1 Å². The summed E-state index contributed by atoms with van der Waals surface area (Å²) in [7, 11) is 0. The number of benzene rings is 2. The molecule has 20 heavy (non-hydrogen) atoms. The zero-order valence-electron chi connectivity index (χ0n) is 10.5. The second kappa shape index (κ2) is 4.76. The van der Waals surface area contributed by atoms with E-state index in [1.807, 2.05) is 6.07 Å². The zero-order valence-corrected chi connectivity index (χ0v) is 12.1. The van der Waals surface area contributed by atoms with Crippen LogP contribution in [0.15, 0.2) is 46.9 Å². The number of rotatable bonds is 1. The molecular formula is C15H11BrN2O2. The van der Waals surface area contributed by atoms with E-state index < -0.39 is 0 Å². The summed E-state index contributed by atoms with van der Waals surface area (Å²) in [5.74, 6) is -0.574. The third-order valence-corrected chi connectivity index (χ3v) is 3.92. The van der Waals surface area contributed by atoms with Gasteiger partial charge in [-0.1, -0.05) is 18.2 Å². The number of nitrogens with zero attached hydrogens (tertiary/aromatic N) is 1. The van der Waals surface area contributed by atoms with Crippen LogP contribution in [0.4, 0.5) is 11.4 Å². The summed E-state index contributed by atoms with van der Waals surface area (Å²) in [5.41, 5.74) is 8.00. The first kappa shape index (κ1) is 12.9. The lowest BCUT2D eigenvalue weighted by Gasteiger charge is -2.27. The molecule has 0 radical (unpaired) electrons. The average molecular weight is 331 g/mol. The van der Waals surface area contributed by atoms with Crippen LogP contribution in [0.1, 0.15) is 15.9 Å². The molecule has 1 heterocycles. The molecule has 0 saturated carbocycles. The lowest BCUT2D eigenvalue weighted by Crippen LogP contribution is -2.42. The van der Waals surface area contributed by atoms with Gasteiger partial charge in [-0.15, -0.1) is 0 Å². The summed E-state index contributed by atoms with van der Waals surface area (Å²) in [6, 6.07) is 12.2. The Kier molecular flexibility index (Phi) is 3.06. The van der Waals surface area contributed by atoms with Crippen LogP contribution in [0.3, 0.4) is 0 Å². The molecule has 0 unspecified atom stereocenters. The van der Waals surface area contributed by atoms with Crippen LogP contribution in [-0.4, -0.2) is 11.8 Å². The molecule has 0 aliphatic carbocycles. The minimum absolute atomic E-state index is 0.197. The number of hydrogen-bond donors (Lipinski definition) is 1. The molecule has 1 aliphatic rings. The fraction of sp³-hybridized carbons (Fsp3) is 0.0667. The Morgan fingerprint density at radius 3 is 2.60 bits per heavy atom.